The number of benzene rings is 3. The van der Waals surface area contributed by atoms with Gasteiger partial charge in [0.05, 0.1) is 26.0 Å². The Morgan fingerprint density at radius 2 is 1.69 bits per heavy atom. The predicted molar refractivity (Wildman–Crippen MR) is 128 cm³/mol. The van der Waals surface area contributed by atoms with E-state index in [9.17, 15) is 22.4 Å². The second kappa shape index (κ2) is 9.77. The summed E-state index contributed by atoms with van der Waals surface area (Å²) in [5.41, 5.74) is 1.55. The molecule has 0 saturated heterocycles. The van der Waals surface area contributed by atoms with Crippen LogP contribution in [0.15, 0.2) is 71.4 Å². The molecule has 36 heavy (non-hydrogen) atoms. The number of halogens is 4. The number of amides is 1. The van der Waals surface area contributed by atoms with Crippen LogP contribution >= 0.6 is 0 Å². The molecule has 1 N–H and O–H groups in total. The highest BCUT2D eigenvalue weighted by Crippen LogP contribution is 2.40. The van der Waals surface area contributed by atoms with Gasteiger partial charge in [-0.15, -0.1) is 0 Å². The number of para-hydroxylation sites is 1. The van der Waals surface area contributed by atoms with Gasteiger partial charge in [-0.05, 0) is 42.8 Å². The van der Waals surface area contributed by atoms with Crippen molar-refractivity contribution in [3.05, 3.63) is 83.9 Å². The van der Waals surface area contributed by atoms with E-state index in [-0.39, 0.29) is 5.69 Å². The number of fused-ring (bicyclic) bond motifs is 1. The third-order valence-corrected chi connectivity index (χ3v) is 5.60. The Hall–Kier alpha value is -4.27. The summed E-state index contributed by atoms with van der Waals surface area (Å²) in [6, 6.07) is 13.2. The second-order valence-electron chi connectivity index (χ2n) is 7.91. The molecule has 0 aliphatic heterocycles. The first-order valence-corrected chi connectivity index (χ1v) is 10.7. The SMILES string of the molecule is COc1cc2occ(-c3ccccc3OC)c2cc1/C(C)=C/C(=O)Nc1ccc(F)c(C(F)(F)F)c1. The van der Waals surface area contributed by atoms with Crippen molar-refractivity contribution in [3.63, 3.8) is 0 Å². The molecule has 0 atom stereocenters. The molecule has 0 unspecified atom stereocenters. The molecule has 0 spiro atoms. The molecule has 186 valence electrons. The number of rotatable bonds is 6. The van der Waals surface area contributed by atoms with E-state index in [0.717, 1.165) is 22.6 Å². The smallest absolute Gasteiger partial charge is 0.419 e. The first-order valence-electron chi connectivity index (χ1n) is 10.7. The largest absolute Gasteiger partial charge is 0.496 e. The fraction of sp³-hybridized carbons (Fsp3) is 0.148. The Bertz CT molecular complexity index is 1470. The fourth-order valence-electron chi connectivity index (χ4n) is 3.88. The normalized spacial score (nSPS) is 12.0. The maximum atomic E-state index is 13.5. The van der Waals surface area contributed by atoms with Crippen LogP contribution in [0.4, 0.5) is 23.2 Å². The molecule has 0 aliphatic carbocycles. The summed E-state index contributed by atoms with van der Waals surface area (Å²) in [6.45, 7) is 1.66. The summed E-state index contributed by atoms with van der Waals surface area (Å²) in [5, 5.41) is 3.09. The van der Waals surface area contributed by atoms with Crippen LogP contribution in [0.25, 0.3) is 27.7 Å². The van der Waals surface area contributed by atoms with Gasteiger partial charge < -0.3 is 19.2 Å². The molecule has 3 aromatic carbocycles. The minimum absolute atomic E-state index is 0.187. The first-order chi connectivity index (χ1) is 17.1. The Morgan fingerprint density at radius 1 is 0.972 bits per heavy atom. The lowest BCUT2D eigenvalue weighted by molar-refractivity contribution is -0.140. The molecule has 0 bridgehead atoms. The Labute approximate surface area is 203 Å². The van der Waals surface area contributed by atoms with E-state index in [4.69, 9.17) is 13.9 Å². The number of nitrogens with one attached hydrogen (secondary N) is 1. The van der Waals surface area contributed by atoms with Gasteiger partial charge in [0.2, 0.25) is 5.91 Å². The summed E-state index contributed by atoms with van der Waals surface area (Å²) < 4.78 is 69.2. The standard InChI is InChI=1S/C27H21F4NO4/c1-15(10-26(33)32-16-8-9-22(28)21(11-16)27(29,30)31)18-12-19-20(14-36-25(19)13-24(18)35-3)17-6-4-5-7-23(17)34-2/h4-14H,1-3H3,(H,32,33)/b15-10+. The lowest BCUT2D eigenvalue weighted by Gasteiger charge is -2.12. The number of carbonyl (C=O) groups excluding carboxylic acids is 1. The number of allylic oxidation sites excluding steroid dienone is 1. The van der Waals surface area contributed by atoms with E-state index in [1.807, 2.05) is 24.3 Å². The molecule has 0 radical (unpaired) electrons. The summed E-state index contributed by atoms with van der Waals surface area (Å²) in [5.74, 6) is -1.02. The number of furan rings is 1. The molecule has 9 heteroatoms. The van der Waals surface area contributed by atoms with Crippen molar-refractivity contribution in [2.45, 2.75) is 13.1 Å². The average molecular weight is 499 g/mol. The van der Waals surface area contributed by atoms with Crippen LogP contribution in [0.1, 0.15) is 18.1 Å². The summed E-state index contributed by atoms with van der Waals surface area (Å²) in [4.78, 5) is 12.6. The van der Waals surface area contributed by atoms with Crippen LogP contribution in [0.5, 0.6) is 11.5 Å². The van der Waals surface area contributed by atoms with Gasteiger partial charge >= 0.3 is 6.18 Å². The zero-order valence-electron chi connectivity index (χ0n) is 19.5. The van der Waals surface area contributed by atoms with E-state index in [2.05, 4.69) is 5.32 Å². The van der Waals surface area contributed by atoms with Crippen molar-refractivity contribution in [1.29, 1.82) is 0 Å². The van der Waals surface area contributed by atoms with Gasteiger partial charge in [-0.2, -0.15) is 13.2 Å². The van der Waals surface area contributed by atoms with Crippen molar-refractivity contribution >= 4 is 28.1 Å². The van der Waals surface area contributed by atoms with Crippen molar-refractivity contribution in [2.75, 3.05) is 19.5 Å². The van der Waals surface area contributed by atoms with Gasteiger partial charge in [-0.1, -0.05) is 18.2 Å². The predicted octanol–water partition coefficient (Wildman–Crippen LogP) is 7.32. The maximum Gasteiger partial charge on any atom is 0.419 e. The van der Waals surface area contributed by atoms with Gasteiger partial charge in [-0.25, -0.2) is 4.39 Å². The summed E-state index contributed by atoms with van der Waals surface area (Å²) >= 11 is 0. The lowest BCUT2D eigenvalue weighted by atomic mass is 9.98. The Kier molecular flexibility index (Phi) is 6.74. The molecule has 1 heterocycles. The topological polar surface area (TPSA) is 60.7 Å². The highest BCUT2D eigenvalue weighted by atomic mass is 19.4. The number of methoxy groups -OCH3 is 2. The zero-order valence-corrected chi connectivity index (χ0v) is 19.5. The van der Waals surface area contributed by atoms with E-state index >= 15 is 0 Å². The molecule has 5 nitrogen and oxygen atoms in total. The lowest BCUT2D eigenvalue weighted by Crippen LogP contribution is -2.12. The molecule has 1 aromatic heterocycles. The third kappa shape index (κ3) is 4.91. The summed E-state index contributed by atoms with van der Waals surface area (Å²) in [7, 11) is 3.04. The van der Waals surface area contributed by atoms with Gasteiger partial charge in [-0.3, -0.25) is 4.79 Å². The van der Waals surface area contributed by atoms with Crippen LogP contribution in [0, 0.1) is 5.82 Å². The fourth-order valence-corrected chi connectivity index (χ4v) is 3.88. The number of hydrogen-bond acceptors (Lipinski definition) is 4. The molecule has 0 aliphatic rings. The minimum Gasteiger partial charge on any atom is -0.496 e. The average Bonchev–Trinajstić information content (AvgIpc) is 3.26. The monoisotopic (exact) mass is 499 g/mol. The van der Waals surface area contributed by atoms with E-state index in [1.54, 1.807) is 32.4 Å². The second-order valence-corrected chi connectivity index (χ2v) is 7.91. The van der Waals surface area contributed by atoms with Crippen LogP contribution in [-0.4, -0.2) is 20.1 Å². The van der Waals surface area contributed by atoms with Crippen molar-refractivity contribution in [2.24, 2.45) is 0 Å². The van der Waals surface area contributed by atoms with Crippen LogP contribution in [0.3, 0.4) is 0 Å². The van der Waals surface area contributed by atoms with Crippen LogP contribution in [-0.2, 0) is 11.0 Å². The first kappa shape index (κ1) is 24.8. The molecule has 4 rings (SSSR count). The van der Waals surface area contributed by atoms with Crippen molar-refractivity contribution < 1.29 is 36.2 Å². The zero-order chi connectivity index (χ0) is 26.0. The minimum atomic E-state index is -4.89. The molecule has 0 fully saturated rings. The van der Waals surface area contributed by atoms with Crippen LogP contribution < -0.4 is 14.8 Å². The molecular formula is C27H21F4NO4. The highest BCUT2D eigenvalue weighted by molar-refractivity contribution is 6.05. The number of alkyl halides is 3. The number of carbonyl (C=O) groups is 1. The van der Waals surface area contributed by atoms with E-state index in [0.29, 0.717) is 40.4 Å². The third-order valence-electron chi connectivity index (χ3n) is 5.60. The van der Waals surface area contributed by atoms with Gasteiger partial charge in [0.15, 0.2) is 0 Å². The molecule has 4 aromatic rings. The highest BCUT2D eigenvalue weighted by Gasteiger charge is 2.34. The Balaban J connectivity index is 1.70. The number of ether oxygens (including phenoxy) is 2. The van der Waals surface area contributed by atoms with E-state index in [1.165, 1.54) is 13.2 Å². The number of hydrogen-bond donors (Lipinski definition) is 1. The molecular weight excluding hydrogens is 478 g/mol. The van der Waals surface area contributed by atoms with E-state index < -0.39 is 23.5 Å². The van der Waals surface area contributed by atoms with Gasteiger partial charge in [0, 0.05) is 39.9 Å². The Morgan fingerprint density at radius 3 is 2.39 bits per heavy atom. The quantitative estimate of drug-likeness (QED) is 0.223. The van der Waals surface area contributed by atoms with Crippen molar-refractivity contribution in [1.82, 2.24) is 0 Å². The van der Waals surface area contributed by atoms with Gasteiger partial charge in [0.1, 0.15) is 22.9 Å². The number of anilines is 1. The van der Waals surface area contributed by atoms with Crippen LogP contribution in [0.2, 0.25) is 0 Å². The van der Waals surface area contributed by atoms with Crippen molar-refractivity contribution in [3.8, 4) is 22.6 Å². The van der Waals surface area contributed by atoms with Gasteiger partial charge in [0.25, 0.3) is 0 Å². The summed E-state index contributed by atoms with van der Waals surface area (Å²) in [6.07, 6.45) is -2.06. The maximum absolute atomic E-state index is 13.5. The molecule has 0 saturated carbocycles. The molecule has 1 amide bonds.